The first-order chi connectivity index (χ1) is 11.7. The fourth-order valence-corrected chi connectivity index (χ4v) is 2.55. The highest BCUT2D eigenvalue weighted by molar-refractivity contribution is 6.05. The Kier molecular flexibility index (Phi) is 3.72. The van der Waals surface area contributed by atoms with Crippen molar-refractivity contribution in [2.45, 2.75) is 37.6 Å². The molecule has 2 aliphatic carbocycles. The van der Waals surface area contributed by atoms with E-state index in [0.29, 0.717) is 17.2 Å². The summed E-state index contributed by atoms with van der Waals surface area (Å²) in [6, 6.07) is 5.34. The van der Waals surface area contributed by atoms with Crippen LogP contribution in [0.1, 0.15) is 58.0 Å². The van der Waals surface area contributed by atoms with Crippen molar-refractivity contribution in [3.63, 3.8) is 0 Å². The Hall–Kier alpha value is -2.76. The maximum absolute atomic E-state index is 12.4. The summed E-state index contributed by atoms with van der Waals surface area (Å²) < 4.78 is 0. The predicted molar refractivity (Wildman–Crippen MR) is 88.9 cm³/mol. The molecule has 2 saturated carbocycles. The molecule has 6 nitrogen and oxygen atoms in total. The molecular formula is C18H18N4O2. The summed E-state index contributed by atoms with van der Waals surface area (Å²) >= 11 is 0. The highest BCUT2D eigenvalue weighted by Crippen LogP contribution is 2.40. The van der Waals surface area contributed by atoms with E-state index in [0.717, 1.165) is 18.4 Å². The molecule has 2 aromatic heterocycles. The van der Waals surface area contributed by atoms with E-state index >= 15 is 0 Å². The number of anilines is 1. The Morgan fingerprint density at radius 2 is 1.88 bits per heavy atom. The van der Waals surface area contributed by atoms with Crippen LogP contribution in [0.5, 0.6) is 0 Å². The minimum absolute atomic E-state index is 0.232. The molecule has 0 radical (unpaired) electrons. The lowest BCUT2D eigenvalue weighted by molar-refractivity contribution is 0.0946. The molecule has 2 aromatic rings. The van der Waals surface area contributed by atoms with Crippen LogP contribution in [0.15, 0.2) is 36.8 Å². The number of carbonyl (C=O) groups is 2. The molecule has 122 valence electrons. The zero-order chi connectivity index (χ0) is 16.5. The Labute approximate surface area is 139 Å². The van der Waals surface area contributed by atoms with E-state index in [4.69, 9.17) is 0 Å². The fraction of sp³-hybridized carbons (Fsp3) is 0.333. The summed E-state index contributed by atoms with van der Waals surface area (Å²) in [5, 5.41) is 5.71. The third kappa shape index (κ3) is 3.42. The van der Waals surface area contributed by atoms with Crippen molar-refractivity contribution in [2.75, 3.05) is 5.32 Å². The number of hydrogen-bond donors (Lipinski definition) is 2. The van der Waals surface area contributed by atoms with Gasteiger partial charge in [0.2, 0.25) is 0 Å². The van der Waals surface area contributed by atoms with Gasteiger partial charge in [-0.15, -0.1) is 0 Å². The normalized spacial score (nSPS) is 16.5. The number of aromatic nitrogens is 2. The maximum Gasteiger partial charge on any atom is 0.270 e. The maximum atomic E-state index is 12.4. The van der Waals surface area contributed by atoms with Crippen LogP contribution < -0.4 is 10.6 Å². The van der Waals surface area contributed by atoms with Crippen molar-refractivity contribution in [3.05, 3.63) is 53.6 Å². The van der Waals surface area contributed by atoms with E-state index in [1.54, 1.807) is 12.3 Å². The van der Waals surface area contributed by atoms with Crippen molar-refractivity contribution < 1.29 is 9.59 Å². The summed E-state index contributed by atoms with van der Waals surface area (Å²) in [6.45, 7) is 0. The van der Waals surface area contributed by atoms with Crippen molar-refractivity contribution in [2.24, 2.45) is 0 Å². The summed E-state index contributed by atoms with van der Waals surface area (Å²) in [7, 11) is 0. The summed E-state index contributed by atoms with van der Waals surface area (Å²) in [5.74, 6) is 0.0742. The molecule has 24 heavy (non-hydrogen) atoms. The molecule has 2 amide bonds. The van der Waals surface area contributed by atoms with E-state index in [1.807, 2.05) is 12.3 Å². The van der Waals surface area contributed by atoms with Crippen LogP contribution in [0.4, 0.5) is 5.69 Å². The zero-order valence-electron chi connectivity index (χ0n) is 13.2. The lowest BCUT2D eigenvalue weighted by atomic mass is 10.1. The smallest absolute Gasteiger partial charge is 0.270 e. The zero-order valence-corrected chi connectivity index (χ0v) is 13.2. The Balaban J connectivity index is 1.47. The van der Waals surface area contributed by atoms with Gasteiger partial charge in [-0.05, 0) is 55.4 Å². The van der Waals surface area contributed by atoms with Crippen LogP contribution in [0, 0.1) is 0 Å². The van der Waals surface area contributed by atoms with Crippen LogP contribution in [0.25, 0.3) is 0 Å². The van der Waals surface area contributed by atoms with Gasteiger partial charge >= 0.3 is 0 Å². The minimum Gasteiger partial charge on any atom is -0.348 e. The average Bonchev–Trinajstić information content (AvgIpc) is 3.48. The summed E-state index contributed by atoms with van der Waals surface area (Å²) in [6.07, 6.45) is 9.35. The van der Waals surface area contributed by atoms with E-state index in [1.165, 1.54) is 25.1 Å². The molecule has 0 saturated heterocycles. The third-order valence-corrected chi connectivity index (χ3v) is 4.23. The first kappa shape index (κ1) is 14.8. The lowest BCUT2D eigenvalue weighted by Crippen LogP contribution is -2.26. The molecule has 0 aliphatic heterocycles. The molecule has 2 N–H and O–H groups in total. The van der Waals surface area contributed by atoms with Crippen LogP contribution in [0.3, 0.4) is 0 Å². The predicted octanol–water partition coefficient (Wildman–Crippen LogP) is 2.50. The topological polar surface area (TPSA) is 84.0 Å². The molecule has 4 rings (SSSR count). The quantitative estimate of drug-likeness (QED) is 0.886. The molecule has 0 unspecified atom stereocenters. The summed E-state index contributed by atoms with van der Waals surface area (Å²) in [5.41, 5.74) is 2.50. The molecule has 0 aromatic carbocycles. The van der Waals surface area contributed by atoms with Gasteiger partial charge < -0.3 is 10.6 Å². The van der Waals surface area contributed by atoms with Gasteiger partial charge in [-0.3, -0.25) is 19.6 Å². The number of nitrogens with zero attached hydrogens (tertiary/aromatic N) is 2. The first-order valence-corrected chi connectivity index (χ1v) is 8.22. The highest BCUT2D eigenvalue weighted by atomic mass is 16.2. The van der Waals surface area contributed by atoms with Gasteiger partial charge in [0.05, 0.1) is 11.9 Å². The molecule has 2 fully saturated rings. The van der Waals surface area contributed by atoms with Crippen molar-refractivity contribution in [1.82, 2.24) is 15.3 Å². The van der Waals surface area contributed by atoms with Gasteiger partial charge in [0.15, 0.2) is 0 Å². The number of carbonyl (C=O) groups excluding carboxylic acids is 2. The average molecular weight is 322 g/mol. The molecule has 2 aliphatic rings. The van der Waals surface area contributed by atoms with E-state index < -0.39 is 0 Å². The largest absolute Gasteiger partial charge is 0.348 e. The minimum atomic E-state index is -0.271. The number of nitrogens with one attached hydrogen (secondary N) is 2. The standard InChI is InChI=1S/C18H18N4O2/c23-17(22-15-7-13(9-19-10-15)11-1-2-11)12-5-6-20-16(8-12)18(24)21-14-3-4-14/h5-11,14H,1-4H2,(H,21,24)(H,22,23). The van der Waals surface area contributed by atoms with Crippen LogP contribution in [-0.2, 0) is 0 Å². The van der Waals surface area contributed by atoms with Gasteiger partial charge in [-0.25, -0.2) is 0 Å². The van der Waals surface area contributed by atoms with Crippen LogP contribution in [0.2, 0.25) is 0 Å². The first-order valence-electron chi connectivity index (χ1n) is 8.22. The van der Waals surface area contributed by atoms with Gasteiger partial charge in [-0.2, -0.15) is 0 Å². The number of pyridine rings is 2. The highest BCUT2D eigenvalue weighted by Gasteiger charge is 2.25. The van der Waals surface area contributed by atoms with Gasteiger partial charge in [0.25, 0.3) is 11.8 Å². The van der Waals surface area contributed by atoms with E-state index in [9.17, 15) is 9.59 Å². The second-order valence-electron chi connectivity index (χ2n) is 6.41. The van der Waals surface area contributed by atoms with Crippen molar-refractivity contribution in [1.29, 1.82) is 0 Å². The second kappa shape index (κ2) is 6.03. The van der Waals surface area contributed by atoms with Crippen LogP contribution in [-0.4, -0.2) is 27.8 Å². The van der Waals surface area contributed by atoms with Gasteiger partial charge in [0, 0.05) is 24.0 Å². The fourth-order valence-electron chi connectivity index (χ4n) is 2.55. The lowest BCUT2D eigenvalue weighted by Gasteiger charge is -2.08. The molecule has 0 atom stereocenters. The Morgan fingerprint density at radius 1 is 1.04 bits per heavy atom. The Bertz CT molecular complexity index is 797. The van der Waals surface area contributed by atoms with E-state index in [2.05, 4.69) is 20.6 Å². The molecule has 0 spiro atoms. The molecule has 2 heterocycles. The third-order valence-electron chi connectivity index (χ3n) is 4.23. The van der Waals surface area contributed by atoms with Gasteiger partial charge in [-0.1, -0.05) is 0 Å². The SMILES string of the molecule is O=C(Nc1cncc(C2CC2)c1)c1ccnc(C(=O)NC2CC2)c1. The van der Waals surface area contributed by atoms with E-state index in [-0.39, 0.29) is 23.6 Å². The van der Waals surface area contributed by atoms with Crippen molar-refractivity contribution >= 4 is 17.5 Å². The van der Waals surface area contributed by atoms with Crippen molar-refractivity contribution in [3.8, 4) is 0 Å². The summed E-state index contributed by atoms with van der Waals surface area (Å²) in [4.78, 5) is 32.7. The van der Waals surface area contributed by atoms with Crippen LogP contribution >= 0.6 is 0 Å². The number of rotatable bonds is 5. The Morgan fingerprint density at radius 3 is 2.62 bits per heavy atom. The molecule has 6 heteroatoms. The number of hydrogen-bond acceptors (Lipinski definition) is 4. The monoisotopic (exact) mass is 322 g/mol. The second-order valence-corrected chi connectivity index (χ2v) is 6.41. The van der Waals surface area contributed by atoms with Gasteiger partial charge in [0.1, 0.15) is 5.69 Å². The molecule has 0 bridgehead atoms. The molecular weight excluding hydrogens is 304 g/mol. The number of amides is 2.